The van der Waals surface area contributed by atoms with Crippen LogP contribution >= 0.6 is 0 Å². The van der Waals surface area contributed by atoms with Gasteiger partial charge in [-0.2, -0.15) is 13.7 Å². The molecule has 9 nitrogen and oxygen atoms in total. The maximum Gasteiger partial charge on any atom is 0.311 e. The Balaban J connectivity index is 1.80. The zero-order valence-corrected chi connectivity index (χ0v) is 20.8. The number of aliphatic imine (C=N–C) groups is 1. The molecular weight excluding hydrogens is 499 g/mol. The van der Waals surface area contributed by atoms with E-state index in [0.29, 0.717) is 16.7 Å². The minimum Gasteiger partial charge on any atom is -0.383 e. The summed E-state index contributed by atoms with van der Waals surface area (Å²) in [5.41, 5.74) is 6.15. The van der Waals surface area contributed by atoms with E-state index in [1.165, 1.54) is 61.5 Å². The summed E-state index contributed by atoms with van der Waals surface area (Å²) in [6, 6.07) is 18.5. The summed E-state index contributed by atoms with van der Waals surface area (Å²) in [5, 5.41) is 9.24. The van der Waals surface area contributed by atoms with Gasteiger partial charge in [0.05, 0.1) is 18.2 Å². The van der Waals surface area contributed by atoms with Crippen molar-refractivity contribution in [1.82, 2.24) is 4.90 Å². The van der Waals surface area contributed by atoms with Crippen LogP contribution in [0.3, 0.4) is 0 Å². The minimum atomic E-state index is -3.88. The summed E-state index contributed by atoms with van der Waals surface area (Å²) in [6.45, 7) is -0.0213. The van der Waals surface area contributed by atoms with Gasteiger partial charge >= 0.3 is 10.1 Å². The van der Waals surface area contributed by atoms with Crippen molar-refractivity contribution in [2.75, 3.05) is 26.5 Å². The van der Waals surface area contributed by atoms with Crippen molar-refractivity contribution in [3.8, 4) is 22.9 Å². The highest BCUT2D eigenvalue weighted by Gasteiger charge is 2.49. The first-order chi connectivity index (χ1) is 17.6. The van der Waals surface area contributed by atoms with Crippen LogP contribution in [0.1, 0.15) is 16.7 Å². The number of halogens is 1. The first-order valence-electron chi connectivity index (χ1n) is 11.1. The Morgan fingerprint density at radius 3 is 2.46 bits per heavy atom. The largest absolute Gasteiger partial charge is 0.383 e. The van der Waals surface area contributed by atoms with Crippen molar-refractivity contribution in [2.24, 2.45) is 10.7 Å². The van der Waals surface area contributed by atoms with E-state index in [-0.39, 0.29) is 35.2 Å². The van der Waals surface area contributed by atoms with Gasteiger partial charge < -0.3 is 14.7 Å². The van der Waals surface area contributed by atoms with Crippen LogP contribution in [0.5, 0.6) is 5.75 Å². The predicted molar refractivity (Wildman–Crippen MR) is 134 cm³/mol. The summed E-state index contributed by atoms with van der Waals surface area (Å²) in [5.74, 6) is -1.27. The van der Waals surface area contributed by atoms with Gasteiger partial charge in [-0.1, -0.05) is 30.3 Å². The number of amides is 1. The average Bonchev–Trinajstić information content (AvgIpc) is 3.13. The van der Waals surface area contributed by atoms with Gasteiger partial charge in [-0.15, -0.1) is 0 Å². The number of nitrogens with two attached hydrogens (primary N) is 1. The molecule has 0 saturated heterocycles. The molecule has 2 N–H and O–H groups in total. The monoisotopic (exact) mass is 522 g/mol. The Hall–Kier alpha value is -4.27. The van der Waals surface area contributed by atoms with Gasteiger partial charge in [-0.25, -0.2) is 9.38 Å². The number of likely N-dealkylation sites (N-methyl/N-ethyl adjacent to an activating group) is 1. The lowest BCUT2D eigenvalue weighted by Gasteiger charge is -2.26. The van der Waals surface area contributed by atoms with E-state index < -0.39 is 27.4 Å². The lowest BCUT2D eigenvalue weighted by molar-refractivity contribution is -0.129. The molecule has 0 radical (unpaired) electrons. The van der Waals surface area contributed by atoms with Crippen molar-refractivity contribution in [2.45, 2.75) is 5.54 Å². The molecule has 1 aliphatic heterocycles. The zero-order chi connectivity index (χ0) is 26.8. The fraction of sp³-hybridized carbons (Fsp3) is 0.192. The zero-order valence-electron chi connectivity index (χ0n) is 20.0. The average molecular weight is 523 g/mol. The molecule has 1 atom stereocenters. The van der Waals surface area contributed by atoms with E-state index in [1.54, 1.807) is 24.3 Å². The number of hydrogen-bond donors (Lipinski definition) is 1. The quantitative estimate of drug-likeness (QED) is 0.450. The van der Waals surface area contributed by atoms with Gasteiger partial charge in [0, 0.05) is 19.7 Å². The van der Waals surface area contributed by atoms with Crippen LogP contribution in [0.4, 0.5) is 4.39 Å². The Labute approximate surface area is 213 Å². The lowest BCUT2D eigenvalue weighted by Crippen LogP contribution is -2.41. The molecular formula is C26H23FN4O5S. The molecule has 0 aliphatic carbocycles. The molecule has 4 rings (SSSR count). The van der Waals surface area contributed by atoms with Gasteiger partial charge in [0.2, 0.25) is 0 Å². The third-order valence-corrected chi connectivity index (χ3v) is 7.07. The number of guanidine groups is 1. The number of hydrogen-bond acceptors (Lipinski definition) is 8. The van der Waals surface area contributed by atoms with Crippen LogP contribution in [-0.4, -0.2) is 51.7 Å². The van der Waals surface area contributed by atoms with Gasteiger partial charge in [0.1, 0.15) is 17.3 Å². The van der Waals surface area contributed by atoms with Crippen molar-refractivity contribution in [3.63, 3.8) is 0 Å². The topological polar surface area (TPSA) is 135 Å². The molecule has 1 aliphatic rings. The predicted octanol–water partition coefficient (Wildman–Crippen LogP) is 2.75. The number of carbonyl (C=O) groups is 1. The first kappa shape index (κ1) is 25.8. The first-order valence-corrected chi connectivity index (χ1v) is 12.6. The second kappa shape index (κ2) is 10.0. The molecule has 11 heteroatoms. The number of carbonyl (C=O) groups excluding carboxylic acids is 1. The minimum absolute atomic E-state index is 0.0180. The normalized spacial score (nSPS) is 17.4. The summed E-state index contributed by atoms with van der Waals surface area (Å²) in [6.07, 6.45) is 0. The summed E-state index contributed by atoms with van der Waals surface area (Å²) < 4.78 is 48.8. The SMILES string of the molecule is COCCS(=O)(=O)Oc1ccc(C2(c3cccc(-c4cc(C#N)ccc4F)c3)N=C(N)N(C)C2=O)cc1. The second-order valence-electron chi connectivity index (χ2n) is 8.29. The van der Waals surface area contributed by atoms with E-state index in [1.807, 2.05) is 6.07 Å². The van der Waals surface area contributed by atoms with Gasteiger partial charge in [0.15, 0.2) is 11.5 Å². The Bertz CT molecular complexity index is 1530. The van der Waals surface area contributed by atoms with E-state index in [4.69, 9.17) is 14.7 Å². The molecule has 1 heterocycles. The van der Waals surface area contributed by atoms with Crippen LogP contribution in [0.2, 0.25) is 0 Å². The number of methoxy groups -OCH3 is 1. The van der Waals surface area contributed by atoms with E-state index in [9.17, 15) is 22.9 Å². The van der Waals surface area contributed by atoms with Crippen LogP contribution in [0.15, 0.2) is 71.7 Å². The van der Waals surface area contributed by atoms with E-state index >= 15 is 0 Å². The summed E-state index contributed by atoms with van der Waals surface area (Å²) >= 11 is 0. The summed E-state index contributed by atoms with van der Waals surface area (Å²) in [7, 11) is -1.00. The smallest absolute Gasteiger partial charge is 0.311 e. The van der Waals surface area contributed by atoms with Crippen LogP contribution in [0, 0.1) is 17.1 Å². The highest BCUT2D eigenvalue weighted by atomic mass is 32.2. The van der Waals surface area contributed by atoms with Gasteiger partial charge in [-0.05, 0) is 53.1 Å². The van der Waals surface area contributed by atoms with Crippen LogP contribution in [0.25, 0.3) is 11.1 Å². The molecule has 1 unspecified atom stereocenters. The van der Waals surface area contributed by atoms with E-state index in [0.717, 1.165) is 0 Å². The maximum atomic E-state index is 14.7. The Morgan fingerprint density at radius 2 is 1.84 bits per heavy atom. The molecule has 190 valence electrons. The molecule has 0 spiro atoms. The molecule has 1 amide bonds. The third-order valence-electron chi connectivity index (χ3n) is 5.96. The van der Waals surface area contributed by atoms with Crippen LogP contribution in [-0.2, 0) is 25.2 Å². The van der Waals surface area contributed by atoms with Crippen LogP contribution < -0.4 is 9.92 Å². The van der Waals surface area contributed by atoms with E-state index in [2.05, 4.69) is 4.99 Å². The van der Waals surface area contributed by atoms with Crippen molar-refractivity contribution in [3.05, 3.63) is 89.2 Å². The fourth-order valence-corrected chi connectivity index (χ4v) is 4.90. The third kappa shape index (κ3) is 4.89. The molecule has 37 heavy (non-hydrogen) atoms. The number of rotatable bonds is 8. The number of ether oxygens (including phenoxy) is 1. The molecule has 3 aromatic carbocycles. The molecule has 0 saturated carbocycles. The number of nitrogens with zero attached hydrogens (tertiary/aromatic N) is 3. The van der Waals surface area contributed by atoms with Gasteiger partial charge in [-0.3, -0.25) is 9.69 Å². The highest BCUT2D eigenvalue weighted by Crippen LogP contribution is 2.41. The molecule has 0 bridgehead atoms. The van der Waals surface area contributed by atoms with Crippen molar-refractivity contribution < 1.29 is 26.5 Å². The van der Waals surface area contributed by atoms with Crippen molar-refractivity contribution >= 4 is 22.0 Å². The molecule has 0 aromatic heterocycles. The highest BCUT2D eigenvalue weighted by molar-refractivity contribution is 7.87. The second-order valence-corrected chi connectivity index (χ2v) is 9.98. The molecule has 0 fully saturated rings. The maximum absolute atomic E-state index is 14.7. The summed E-state index contributed by atoms with van der Waals surface area (Å²) in [4.78, 5) is 19.3. The lowest BCUT2D eigenvalue weighted by atomic mass is 9.81. The number of nitriles is 1. The molecule has 3 aromatic rings. The van der Waals surface area contributed by atoms with Gasteiger partial charge in [0.25, 0.3) is 5.91 Å². The number of benzene rings is 3. The Morgan fingerprint density at radius 1 is 1.11 bits per heavy atom. The fourth-order valence-electron chi connectivity index (χ4n) is 4.04. The Kier molecular flexibility index (Phi) is 6.98. The van der Waals surface area contributed by atoms with Crippen molar-refractivity contribution in [1.29, 1.82) is 5.26 Å². The standard InChI is InChI=1S/C26H23FN4O5S/c1-31-24(32)26(30-25(31)29,19-7-9-21(10-8-19)36-37(33,34)13-12-35-2)20-5-3-4-18(15-20)22-14-17(16-28)6-11-23(22)27/h3-11,14-15H,12-13H2,1-2H3,(H2,29,30).